The number of benzene rings is 2. The Kier molecular flexibility index (Phi) is 3.79. The van der Waals surface area contributed by atoms with Gasteiger partial charge in [-0.05, 0) is 48.6 Å². The Morgan fingerprint density at radius 3 is 2.25 bits per heavy atom. The Labute approximate surface area is 105 Å². The van der Waals surface area contributed by atoms with E-state index >= 15 is 0 Å². The summed E-state index contributed by atoms with van der Waals surface area (Å²) in [6, 6.07) is 17.2. The van der Waals surface area contributed by atoms with Gasteiger partial charge in [-0.2, -0.15) is 0 Å². The summed E-state index contributed by atoms with van der Waals surface area (Å²) in [5.74, 6) is 0. The van der Waals surface area contributed by atoms with Crippen molar-refractivity contribution < 1.29 is 0 Å². The van der Waals surface area contributed by atoms with E-state index in [0.717, 1.165) is 12.8 Å². The van der Waals surface area contributed by atoms with E-state index in [-0.39, 0.29) is 0 Å². The Hall–Kier alpha value is -1.08. The molecule has 0 N–H and O–H groups in total. The van der Waals surface area contributed by atoms with Crippen LogP contribution in [0.1, 0.15) is 16.7 Å². The lowest BCUT2D eigenvalue weighted by atomic mass is 10.0. The first kappa shape index (κ1) is 11.4. The van der Waals surface area contributed by atoms with Crippen LogP contribution in [0.5, 0.6) is 0 Å². The maximum atomic E-state index is 3.54. The van der Waals surface area contributed by atoms with Crippen LogP contribution >= 0.6 is 15.9 Å². The lowest BCUT2D eigenvalue weighted by Gasteiger charge is -2.04. The van der Waals surface area contributed by atoms with Gasteiger partial charge >= 0.3 is 0 Å². The van der Waals surface area contributed by atoms with Crippen molar-refractivity contribution in [1.82, 2.24) is 0 Å². The standard InChI is InChI=1S/C15H15Br/c1-12-9-14(11-15(16)10-12)8-7-13-5-3-2-4-6-13/h2-6,9-11H,7-8H2,1H3. The van der Waals surface area contributed by atoms with Crippen molar-refractivity contribution in [2.24, 2.45) is 0 Å². The van der Waals surface area contributed by atoms with E-state index in [4.69, 9.17) is 0 Å². The average Bonchev–Trinajstić information content (AvgIpc) is 2.27. The van der Waals surface area contributed by atoms with Crippen molar-refractivity contribution in [1.29, 1.82) is 0 Å². The molecule has 1 heteroatoms. The SMILES string of the molecule is Cc1cc(Br)cc(CCc2ccccc2)c1. The minimum atomic E-state index is 1.10. The summed E-state index contributed by atoms with van der Waals surface area (Å²) in [4.78, 5) is 0. The molecular weight excluding hydrogens is 260 g/mol. The molecular formula is C15H15Br. The van der Waals surface area contributed by atoms with E-state index in [1.807, 2.05) is 0 Å². The van der Waals surface area contributed by atoms with Gasteiger partial charge in [0.2, 0.25) is 0 Å². The molecule has 82 valence electrons. The number of hydrogen-bond donors (Lipinski definition) is 0. The molecule has 0 saturated heterocycles. The van der Waals surface area contributed by atoms with Crippen molar-refractivity contribution >= 4 is 15.9 Å². The van der Waals surface area contributed by atoms with Crippen molar-refractivity contribution in [3.63, 3.8) is 0 Å². The van der Waals surface area contributed by atoms with Gasteiger partial charge in [0.05, 0.1) is 0 Å². The third-order valence-corrected chi connectivity index (χ3v) is 3.10. The molecule has 0 aliphatic carbocycles. The van der Waals surface area contributed by atoms with E-state index in [2.05, 4.69) is 71.4 Å². The minimum absolute atomic E-state index is 1.10. The van der Waals surface area contributed by atoms with Gasteiger partial charge in [-0.25, -0.2) is 0 Å². The maximum absolute atomic E-state index is 3.54. The second kappa shape index (κ2) is 5.31. The summed E-state index contributed by atoms with van der Waals surface area (Å²) in [6.07, 6.45) is 2.21. The van der Waals surface area contributed by atoms with Crippen LogP contribution in [0, 0.1) is 6.92 Å². The van der Waals surface area contributed by atoms with Crippen LogP contribution in [0.15, 0.2) is 53.0 Å². The first-order chi connectivity index (χ1) is 7.74. The molecule has 0 saturated carbocycles. The van der Waals surface area contributed by atoms with Gasteiger partial charge in [-0.1, -0.05) is 52.3 Å². The second-order valence-corrected chi connectivity index (χ2v) is 5.04. The number of hydrogen-bond acceptors (Lipinski definition) is 0. The zero-order chi connectivity index (χ0) is 11.4. The van der Waals surface area contributed by atoms with Crippen molar-refractivity contribution in [3.8, 4) is 0 Å². The minimum Gasteiger partial charge on any atom is -0.0622 e. The number of rotatable bonds is 3. The zero-order valence-corrected chi connectivity index (χ0v) is 11.0. The Morgan fingerprint density at radius 2 is 1.56 bits per heavy atom. The predicted molar refractivity (Wildman–Crippen MR) is 72.7 cm³/mol. The van der Waals surface area contributed by atoms with Crippen molar-refractivity contribution in [2.75, 3.05) is 0 Å². The Morgan fingerprint density at radius 1 is 0.875 bits per heavy atom. The average molecular weight is 275 g/mol. The third-order valence-electron chi connectivity index (χ3n) is 2.65. The molecule has 0 radical (unpaired) electrons. The summed E-state index contributed by atoms with van der Waals surface area (Å²) in [5, 5.41) is 0. The van der Waals surface area contributed by atoms with Crippen LogP contribution in [0.25, 0.3) is 0 Å². The molecule has 0 aliphatic heterocycles. The first-order valence-corrected chi connectivity index (χ1v) is 6.33. The molecule has 0 amide bonds. The summed E-state index contributed by atoms with van der Waals surface area (Å²) >= 11 is 3.54. The van der Waals surface area contributed by atoms with Crippen LogP contribution in [-0.2, 0) is 12.8 Å². The summed E-state index contributed by atoms with van der Waals surface area (Å²) in [7, 11) is 0. The molecule has 0 atom stereocenters. The van der Waals surface area contributed by atoms with Gasteiger partial charge < -0.3 is 0 Å². The van der Waals surface area contributed by atoms with Gasteiger partial charge in [0.25, 0.3) is 0 Å². The normalized spacial score (nSPS) is 10.4. The highest BCUT2D eigenvalue weighted by atomic mass is 79.9. The van der Waals surface area contributed by atoms with E-state index in [0.29, 0.717) is 0 Å². The van der Waals surface area contributed by atoms with Gasteiger partial charge in [-0.3, -0.25) is 0 Å². The molecule has 0 aromatic heterocycles. The fourth-order valence-corrected chi connectivity index (χ4v) is 2.54. The topological polar surface area (TPSA) is 0 Å². The second-order valence-electron chi connectivity index (χ2n) is 4.12. The van der Waals surface area contributed by atoms with Crippen LogP contribution < -0.4 is 0 Å². The summed E-state index contributed by atoms with van der Waals surface area (Å²) in [6.45, 7) is 2.14. The Balaban J connectivity index is 2.05. The number of halogens is 1. The highest BCUT2D eigenvalue weighted by molar-refractivity contribution is 9.10. The van der Waals surface area contributed by atoms with E-state index in [1.54, 1.807) is 0 Å². The summed E-state index contributed by atoms with van der Waals surface area (Å²) < 4.78 is 1.18. The quantitative estimate of drug-likeness (QED) is 0.771. The third kappa shape index (κ3) is 3.21. The largest absolute Gasteiger partial charge is 0.0622 e. The van der Waals surface area contributed by atoms with Gasteiger partial charge in [-0.15, -0.1) is 0 Å². The Bertz CT molecular complexity index is 440. The molecule has 0 aliphatic rings. The molecule has 0 unspecified atom stereocenters. The highest BCUT2D eigenvalue weighted by Crippen LogP contribution is 2.16. The maximum Gasteiger partial charge on any atom is 0.0180 e. The zero-order valence-electron chi connectivity index (χ0n) is 9.41. The monoisotopic (exact) mass is 274 g/mol. The van der Waals surface area contributed by atoms with Gasteiger partial charge in [0.15, 0.2) is 0 Å². The van der Waals surface area contributed by atoms with E-state index < -0.39 is 0 Å². The fourth-order valence-electron chi connectivity index (χ4n) is 1.89. The van der Waals surface area contributed by atoms with Crippen LogP contribution in [-0.4, -0.2) is 0 Å². The van der Waals surface area contributed by atoms with Crippen molar-refractivity contribution in [2.45, 2.75) is 19.8 Å². The van der Waals surface area contributed by atoms with Crippen molar-refractivity contribution in [3.05, 3.63) is 69.7 Å². The molecule has 0 fully saturated rings. The lowest BCUT2D eigenvalue weighted by Crippen LogP contribution is -1.91. The molecule has 2 aromatic carbocycles. The number of aryl methyl sites for hydroxylation is 3. The van der Waals surface area contributed by atoms with E-state index in [1.165, 1.54) is 21.2 Å². The molecule has 0 bridgehead atoms. The smallest absolute Gasteiger partial charge is 0.0180 e. The van der Waals surface area contributed by atoms with Gasteiger partial charge in [0.1, 0.15) is 0 Å². The predicted octanol–water partition coefficient (Wildman–Crippen LogP) is 4.54. The molecule has 0 nitrogen and oxygen atoms in total. The van der Waals surface area contributed by atoms with E-state index in [9.17, 15) is 0 Å². The van der Waals surface area contributed by atoms with Crippen LogP contribution in [0.4, 0.5) is 0 Å². The molecule has 0 spiro atoms. The van der Waals surface area contributed by atoms with Crippen LogP contribution in [0.3, 0.4) is 0 Å². The molecule has 16 heavy (non-hydrogen) atoms. The first-order valence-electron chi connectivity index (χ1n) is 5.54. The lowest BCUT2D eigenvalue weighted by molar-refractivity contribution is 0.957. The molecule has 0 heterocycles. The summed E-state index contributed by atoms with van der Waals surface area (Å²) in [5.41, 5.74) is 4.12. The highest BCUT2D eigenvalue weighted by Gasteiger charge is 1.98. The van der Waals surface area contributed by atoms with Gasteiger partial charge in [0, 0.05) is 4.47 Å². The fraction of sp³-hybridized carbons (Fsp3) is 0.200. The molecule has 2 rings (SSSR count). The molecule has 2 aromatic rings. The van der Waals surface area contributed by atoms with Crippen LogP contribution in [0.2, 0.25) is 0 Å².